The van der Waals surface area contributed by atoms with Crippen LogP contribution in [0.3, 0.4) is 0 Å². The fourth-order valence-electron chi connectivity index (χ4n) is 3.26. The van der Waals surface area contributed by atoms with Gasteiger partial charge in [0, 0.05) is 32.7 Å². The summed E-state index contributed by atoms with van der Waals surface area (Å²) in [4.78, 5) is 7.28. The van der Waals surface area contributed by atoms with Gasteiger partial charge in [0.15, 0.2) is 0 Å². The molecular formula is C19H21FN4. The number of fused-ring (bicyclic) bond motifs is 1. The van der Waals surface area contributed by atoms with Crippen molar-refractivity contribution >= 4 is 11.0 Å². The van der Waals surface area contributed by atoms with Crippen molar-refractivity contribution in [1.82, 2.24) is 19.8 Å². The van der Waals surface area contributed by atoms with Gasteiger partial charge >= 0.3 is 0 Å². The topological polar surface area (TPSA) is 33.1 Å². The number of rotatable bonds is 4. The van der Waals surface area contributed by atoms with Gasteiger partial charge in [-0.15, -0.1) is 0 Å². The highest BCUT2D eigenvalue weighted by molar-refractivity contribution is 5.76. The Labute approximate surface area is 140 Å². The molecule has 1 aliphatic rings. The lowest BCUT2D eigenvalue weighted by atomic mass is 10.2. The highest BCUT2D eigenvalue weighted by Crippen LogP contribution is 2.19. The molecular weight excluding hydrogens is 303 g/mol. The molecule has 3 aromatic rings. The van der Waals surface area contributed by atoms with Crippen LogP contribution in [0.25, 0.3) is 11.0 Å². The summed E-state index contributed by atoms with van der Waals surface area (Å²) in [5.74, 6) is 0.873. The summed E-state index contributed by atoms with van der Waals surface area (Å²) >= 11 is 0. The molecule has 2 aromatic carbocycles. The fraction of sp³-hybridized carbons (Fsp3) is 0.316. The van der Waals surface area contributed by atoms with Gasteiger partial charge in [0.2, 0.25) is 0 Å². The van der Waals surface area contributed by atoms with Crippen molar-refractivity contribution in [3.63, 3.8) is 0 Å². The van der Waals surface area contributed by atoms with Crippen LogP contribution in [-0.4, -0.2) is 40.6 Å². The van der Waals surface area contributed by atoms with Gasteiger partial charge in [0.1, 0.15) is 11.6 Å². The SMILES string of the molecule is Fc1ccc(Cn2c(CN3CCNCC3)nc3ccccc32)cc1. The first kappa shape index (κ1) is 15.3. The van der Waals surface area contributed by atoms with E-state index < -0.39 is 0 Å². The largest absolute Gasteiger partial charge is 0.322 e. The van der Waals surface area contributed by atoms with Crippen LogP contribution in [0.4, 0.5) is 4.39 Å². The molecule has 1 fully saturated rings. The Bertz CT molecular complexity index is 819. The first-order chi connectivity index (χ1) is 11.8. The zero-order valence-electron chi connectivity index (χ0n) is 13.6. The van der Waals surface area contributed by atoms with E-state index in [0.717, 1.165) is 55.1 Å². The maximum Gasteiger partial charge on any atom is 0.124 e. The summed E-state index contributed by atoms with van der Waals surface area (Å²) in [5.41, 5.74) is 3.23. The Morgan fingerprint density at radius 1 is 0.958 bits per heavy atom. The Morgan fingerprint density at radius 2 is 1.71 bits per heavy atom. The molecule has 1 aliphatic heterocycles. The van der Waals surface area contributed by atoms with Crippen molar-refractivity contribution in [2.45, 2.75) is 13.1 Å². The number of para-hydroxylation sites is 2. The van der Waals surface area contributed by atoms with Crippen LogP contribution < -0.4 is 5.32 Å². The van der Waals surface area contributed by atoms with Crippen molar-refractivity contribution in [2.75, 3.05) is 26.2 Å². The minimum absolute atomic E-state index is 0.199. The summed E-state index contributed by atoms with van der Waals surface area (Å²) in [6.45, 7) is 5.69. The highest BCUT2D eigenvalue weighted by Gasteiger charge is 2.16. The number of piperazine rings is 1. The second-order valence-electron chi connectivity index (χ2n) is 6.26. The van der Waals surface area contributed by atoms with E-state index in [2.05, 4.69) is 26.9 Å². The van der Waals surface area contributed by atoms with Crippen molar-refractivity contribution in [2.24, 2.45) is 0 Å². The summed E-state index contributed by atoms with van der Waals surface area (Å²) in [5, 5.41) is 3.38. The second kappa shape index (κ2) is 6.71. The van der Waals surface area contributed by atoms with Crippen LogP contribution in [-0.2, 0) is 13.1 Å². The summed E-state index contributed by atoms with van der Waals surface area (Å²) in [6, 6.07) is 14.9. The Morgan fingerprint density at radius 3 is 2.50 bits per heavy atom. The number of aromatic nitrogens is 2. The Balaban J connectivity index is 1.68. The van der Waals surface area contributed by atoms with Gasteiger partial charge in [-0.1, -0.05) is 24.3 Å². The molecule has 1 aromatic heterocycles. The van der Waals surface area contributed by atoms with E-state index in [1.54, 1.807) is 0 Å². The smallest absolute Gasteiger partial charge is 0.124 e. The maximum absolute atomic E-state index is 13.2. The molecule has 0 aliphatic carbocycles. The summed E-state index contributed by atoms with van der Waals surface area (Å²) in [6.07, 6.45) is 0. The lowest BCUT2D eigenvalue weighted by molar-refractivity contribution is 0.226. The first-order valence-corrected chi connectivity index (χ1v) is 8.41. The van der Waals surface area contributed by atoms with Crippen molar-refractivity contribution in [3.8, 4) is 0 Å². The Kier molecular flexibility index (Phi) is 4.28. The Hall–Kier alpha value is -2.24. The van der Waals surface area contributed by atoms with Gasteiger partial charge < -0.3 is 9.88 Å². The quantitative estimate of drug-likeness (QED) is 0.801. The highest BCUT2D eigenvalue weighted by atomic mass is 19.1. The van der Waals surface area contributed by atoms with Crippen LogP contribution in [0.15, 0.2) is 48.5 Å². The van der Waals surface area contributed by atoms with E-state index in [1.807, 2.05) is 24.3 Å². The number of hydrogen-bond donors (Lipinski definition) is 1. The lowest BCUT2D eigenvalue weighted by Crippen LogP contribution is -2.43. The van der Waals surface area contributed by atoms with Gasteiger partial charge in [-0.3, -0.25) is 4.90 Å². The van der Waals surface area contributed by atoms with Gasteiger partial charge in [-0.25, -0.2) is 9.37 Å². The lowest BCUT2D eigenvalue weighted by Gasteiger charge is -2.27. The molecule has 1 saturated heterocycles. The number of halogens is 1. The van der Waals surface area contributed by atoms with Crippen LogP contribution in [0.5, 0.6) is 0 Å². The number of nitrogens with one attached hydrogen (secondary N) is 1. The van der Waals surface area contributed by atoms with Crippen LogP contribution in [0.1, 0.15) is 11.4 Å². The maximum atomic E-state index is 13.2. The normalized spacial score (nSPS) is 15.9. The first-order valence-electron chi connectivity index (χ1n) is 8.41. The average Bonchev–Trinajstić information content (AvgIpc) is 2.95. The summed E-state index contributed by atoms with van der Waals surface area (Å²) in [7, 11) is 0. The molecule has 4 nitrogen and oxygen atoms in total. The molecule has 0 atom stereocenters. The van der Waals surface area contributed by atoms with E-state index in [1.165, 1.54) is 12.1 Å². The van der Waals surface area contributed by atoms with Gasteiger partial charge in [0.05, 0.1) is 17.6 Å². The molecule has 24 heavy (non-hydrogen) atoms. The van der Waals surface area contributed by atoms with Crippen LogP contribution >= 0.6 is 0 Å². The third kappa shape index (κ3) is 3.18. The molecule has 5 heteroatoms. The molecule has 0 saturated carbocycles. The summed E-state index contributed by atoms with van der Waals surface area (Å²) < 4.78 is 15.4. The van der Waals surface area contributed by atoms with Crippen molar-refractivity contribution < 1.29 is 4.39 Å². The minimum Gasteiger partial charge on any atom is -0.322 e. The predicted molar refractivity (Wildman–Crippen MR) is 93.4 cm³/mol. The van der Waals surface area contributed by atoms with E-state index in [9.17, 15) is 4.39 Å². The van der Waals surface area contributed by atoms with E-state index in [4.69, 9.17) is 4.98 Å². The molecule has 0 radical (unpaired) electrons. The van der Waals surface area contributed by atoms with E-state index >= 15 is 0 Å². The van der Waals surface area contributed by atoms with E-state index in [-0.39, 0.29) is 5.82 Å². The minimum atomic E-state index is -0.199. The zero-order valence-corrected chi connectivity index (χ0v) is 13.6. The monoisotopic (exact) mass is 324 g/mol. The number of nitrogens with zero attached hydrogens (tertiary/aromatic N) is 3. The van der Waals surface area contributed by atoms with E-state index in [0.29, 0.717) is 6.54 Å². The molecule has 124 valence electrons. The number of benzene rings is 2. The van der Waals surface area contributed by atoms with Crippen molar-refractivity contribution in [3.05, 3.63) is 65.7 Å². The molecule has 1 N–H and O–H groups in total. The molecule has 0 bridgehead atoms. The number of imidazole rings is 1. The molecule has 4 rings (SSSR count). The third-order valence-corrected chi connectivity index (χ3v) is 4.56. The molecule has 2 heterocycles. The van der Waals surface area contributed by atoms with Gasteiger partial charge in [0.25, 0.3) is 0 Å². The van der Waals surface area contributed by atoms with Gasteiger partial charge in [-0.05, 0) is 29.8 Å². The average molecular weight is 324 g/mol. The zero-order chi connectivity index (χ0) is 16.4. The fourth-order valence-corrected chi connectivity index (χ4v) is 3.26. The van der Waals surface area contributed by atoms with Crippen LogP contribution in [0.2, 0.25) is 0 Å². The number of hydrogen-bond acceptors (Lipinski definition) is 3. The standard InChI is InChI=1S/C19H21FN4/c20-16-7-5-15(6-8-16)13-24-18-4-2-1-3-17(18)22-19(24)14-23-11-9-21-10-12-23/h1-8,21H,9-14H2. The predicted octanol–water partition coefficient (Wildman–Crippen LogP) is 2.63. The second-order valence-corrected chi connectivity index (χ2v) is 6.26. The van der Waals surface area contributed by atoms with Crippen LogP contribution in [0, 0.1) is 5.82 Å². The molecule has 0 amide bonds. The third-order valence-electron chi connectivity index (χ3n) is 4.56. The molecule has 0 spiro atoms. The van der Waals surface area contributed by atoms with Gasteiger partial charge in [-0.2, -0.15) is 0 Å². The molecule has 0 unspecified atom stereocenters. The van der Waals surface area contributed by atoms with Crippen molar-refractivity contribution in [1.29, 1.82) is 0 Å².